The number of aromatic nitrogens is 2. The minimum atomic E-state index is 0.217. The van der Waals surface area contributed by atoms with Crippen LogP contribution in [0.2, 0.25) is 5.28 Å². The molecule has 1 aromatic carbocycles. The number of nitrogens with zero attached hydrogens (tertiary/aromatic N) is 2. The number of hydrogen-bond donors (Lipinski definition) is 1. The van der Waals surface area contributed by atoms with Gasteiger partial charge >= 0.3 is 0 Å². The number of benzene rings is 1. The molecule has 1 heterocycles. The fraction of sp³-hybridized carbons (Fsp3) is 0.385. The van der Waals surface area contributed by atoms with Crippen molar-refractivity contribution in [3.8, 4) is 5.75 Å². The fourth-order valence-electron chi connectivity index (χ4n) is 1.89. The first-order valence-electron chi connectivity index (χ1n) is 5.80. The first kappa shape index (κ1) is 12.9. The van der Waals surface area contributed by atoms with E-state index in [0.29, 0.717) is 5.75 Å². The molecule has 96 valence electrons. The van der Waals surface area contributed by atoms with Gasteiger partial charge in [-0.15, -0.1) is 0 Å². The van der Waals surface area contributed by atoms with Crippen LogP contribution in [-0.4, -0.2) is 23.1 Å². The van der Waals surface area contributed by atoms with Crippen LogP contribution in [0.15, 0.2) is 12.1 Å². The van der Waals surface area contributed by atoms with Crippen LogP contribution in [0, 0.1) is 6.92 Å². The van der Waals surface area contributed by atoms with Gasteiger partial charge in [0.2, 0.25) is 5.28 Å². The van der Waals surface area contributed by atoms with E-state index >= 15 is 0 Å². The molecule has 1 aromatic heterocycles. The molecular formula is C13H16ClN3O. The van der Waals surface area contributed by atoms with E-state index in [-0.39, 0.29) is 11.3 Å². The quantitative estimate of drug-likeness (QED) is 0.864. The van der Waals surface area contributed by atoms with Crippen molar-refractivity contribution in [3.05, 3.63) is 23.0 Å². The van der Waals surface area contributed by atoms with E-state index in [9.17, 15) is 0 Å². The van der Waals surface area contributed by atoms with Crippen LogP contribution in [0.1, 0.15) is 19.4 Å². The molecule has 0 radical (unpaired) electrons. The second-order valence-corrected chi connectivity index (χ2v) is 4.79. The van der Waals surface area contributed by atoms with Gasteiger partial charge in [-0.25, -0.2) is 9.97 Å². The number of anilines is 1. The van der Waals surface area contributed by atoms with Crippen molar-refractivity contribution in [2.75, 3.05) is 12.4 Å². The van der Waals surface area contributed by atoms with Crippen molar-refractivity contribution in [3.63, 3.8) is 0 Å². The summed E-state index contributed by atoms with van der Waals surface area (Å²) in [5.41, 5.74) is 1.83. The summed E-state index contributed by atoms with van der Waals surface area (Å²) in [6.45, 7) is 6.12. The van der Waals surface area contributed by atoms with Gasteiger partial charge in [-0.3, -0.25) is 0 Å². The van der Waals surface area contributed by atoms with Crippen LogP contribution in [-0.2, 0) is 0 Å². The smallest absolute Gasteiger partial charge is 0.225 e. The number of rotatable bonds is 3. The third kappa shape index (κ3) is 2.34. The van der Waals surface area contributed by atoms with Gasteiger partial charge in [0.15, 0.2) is 0 Å². The van der Waals surface area contributed by atoms with Crippen LogP contribution in [0.4, 0.5) is 5.82 Å². The van der Waals surface area contributed by atoms with Gasteiger partial charge in [-0.1, -0.05) is 6.07 Å². The summed E-state index contributed by atoms with van der Waals surface area (Å²) >= 11 is 5.97. The second-order valence-electron chi connectivity index (χ2n) is 4.45. The fourth-order valence-corrected chi connectivity index (χ4v) is 2.06. The standard InChI is InChI=1S/C13H16ClN3O/c1-7(2)15-12-10-8(3)5-6-9(18-4)11(10)16-13(14)17-12/h5-7H,1-4H3,(H,15,16,17). The lowest BCUT2D eigenvalue weighted by Crippen LogP contribution is -2.12. The van der Waals surface area contributed by atoms with Crippen LogP contribution in [0.25, 0.3) is 10.9 Å². The molecule has 0 amide bonds. The maximum absolute atomic E-state index is 5.97. The SMILES string of the molecule is COc1ccc(C)c2c(NC(C)C)nc(Cl)nc12. The zero-order valence-electron chi connectivity index (χ0n) is 10.9. The van der Waals surface area contributed by atoms with Gasteiger partial charge in [0, 0.05) is 11.4 Å². The highest BCUT2D eigenvalue weighted by molar-refractivity contribution is 6.29. The number of hydrogen-bond acceptors (Lipinski definition) is 4. The highest BCUT2D eigenvalue weighted by Crippen LogP contribution is 2.32. The average molecular weight is 266 g/mol. The van der Waals surface area contributed by atoms with Crippen LogP contribution in [0.5, 0.6) is 5.75 Å². The molecule has 4 nitrogen and oxygen atoms in total. The summed E-state index contributed by atoms with van der Waals surface area (Å²) in [5.74, 6) is 1.45. The van der Waals surface area contributed by atoms with E-state index in [1.807, 2.05) is 19.1 Å². The van der Waals surface area contributed by atoms with E-state index in [4.69, 9.17) is 16.3 Å². The third-order valence-electron chi connectivity index (χ3n) is 2.64. The Bertz CT molecular complexity index is 584. The number of fused-ring (bicyclic) bond motifs is 1. The van der Waals surface area contributed by atoms with Crippen LogP contribution >= 0.6 is 11.6 Å². The number of halogens is 1. The molecule has 0 aliphatic rings. The normalized spacial score (nSPS) is 11.0. The van der Waals surface area contributed by atoms with Gasteiger partial charge in [0.25, 0.3) is 0 Å². The molecule has 0 atom stereocenters. The molecule has 5 heteroatoms. The summed E-state index contributed by atoms with van der Waals surface area (Å²) < 4.78 is 5.32. The summed E-state index contributed by atoms with van der Waals surface area (Å²) in [5, 5.41) is 4.46. The molecule has 0 bridgehead atoms. The largest absolute Gasteiger partial charge is 0.494 e. The highest BCUT2D eigenvalue weighted by Gasteiger charge is 2.13. The van der Waals surface area contributed by atoms with Gasteiger partial charge in [0.05, 0.1) is 7.11 Å². The molecule has 1 N–H and O–H groups in total. The van der Waals surface area contributed by atoms with Crippen molar-refractivity contribution in [1.82, 2.24) is 9.97 Å². The van der Waals surface area contributed by atoms with Crippen LogP contribution < -0.4 is 10.1 Å². The Morgan fingerprint density at radius 1 is 1.28 bits per heavy atom. The summed E-state index contributed by atoms with van der Waals surface area (Å²) in [6, 6.07) is 4.15. The van der Waals surface area contributed by atoms with Gasteiger partial charge < -0.3 is 10.1 Å². The van der Waals surface area contributed by atoms with Crippen molar-refractivity contribution in [2.45, 2.75) is 26.8 Å². The zero-order valence-corrected chi connectivity index (χ0v) is 11.7. The summed E-state index contributed by atoms with van der Waals surface area (Å²) in [7, 11) is 1.62. The minimum absolute atomic E-state index is 0.217. The maximum atomic E-state index is 5.97. The Balaban J connectivity index is 2.77. The van der Waals surface area contributed by atoms with Crippen molar-refractivity contribution < 1.29 is 4.74 Å². The number of aryl methyl sites for hydroxylation is 1. The molecule has 2 rings (SSSR count). The van der Waals surface area contributed by atoms with E-state index < -0.39 is 0 Å². The molecule has 0 aliphatic carbocycles. The molecule has 0 unspecified atom stereocenters. The molecule has 0 aliphatic heterocycles. The average Bonchev–Trinajstić information content (AvgIpc) is 2.27. The van der Waals surface area contributed by atoms with Crippen molar-refractivity contribution in [2.24, 2.45) is 0 Å². The predicted molar refractivity (Wildman–Crippen MR) is 74.6 cm³/mol. The first-order chi connectivity index (χ1) is 8.52. The Kier molecular flexibility index (Phi) is 3.57. The van der Waals surface area contributed by atoms with Gasteiger partial charge in [0.1, 0.15) is 17.1 Å². The minimum Gasteiger partial charge on any atom is -0.494 e. The summed E-state index contributed by atoms with van der Waals surface area (Å²) in [4.78, 5) is 8.53. The molecule has 0 saturated carbocycles. The molecule has 0 spiro atoms. The predicted octanol–water partition coefficient (Wildman–Crippen LogP) is 3.42. The van der Waals surface area contributed by atoms with Crippen molar-refractivity contribution >= 4 is 28.3 Å². The Morgan fingerprint density at radius 2 is 2.00 bits per heavy atom. The monoisotopic (exact) mass is 265 g/mol. The van der Waals surface area contributed by atoms with Crippen molar-refractivity contribution in [1.29, 1.82) is 0 Å². The Hall–Kier alpha value is -1.55. The number of nitrogens with one attached hydrogen (secondary N) is 1. The highest BCUT2D eigenvalue weighted by atomic mass is 35.5. The Morgan fingerprint density at radius 3 is 2.61 bits per heavy atom. The molecule has 18 heavy (non-hydrogen) atoms. The van der Waals surface area contributed by atoms with E-state index in [0.717, 1.165) is 22.3 Å². The van der Waals surface area contributed by atoms with Gasteiger partial charge in [-0.05, 0) is 44.0 Å². The molecule has 2 aromatic rings. The number of ether oxygens (including phenoxy) is 1. The zero-order chi connectivity index (χ0) is 13.3. The van der Waals surface area contributed by atoms with Gasteiger partial charge in [-0.2, -0.15) is 0 Å². The van der Waals surface area contributed by atoms with Crippen LogP contribution in [0.3, 0.4) is 0 Å². The third-order valence-corrected chi connectivity index (χ3v) is 2.81. The molecule has 0 saturated heterocycles. The lowest BCUT2D eigenvalue weighted by molar-refractivity contribution is 0.419. The Labute approximate surface area is 111 Å². The van der Waals surface area contributed by atoms with E-state index in [1.165, 1.54) is 0 Å². The summed E-state index contributed by atoms with van der Waals surface area (Å²) in [6.07, 6.45) is 0. The maximum Gasteiger partial charge on any atom is 0.225 e. The lowest BCUT2D eigenvalue weighted by Gasteiger charge is -2.14. The second kappa shape index (κ2) is 4.98. The topological polar surface area (TPSA) is 47.0 Å². The first-order valence-corrected chi connectivity index (χ1v) is 6.18. The molecular weight excluding hydrogens is 250 g/mol. The van der Waals surface area contributed by atoms with E-state index in [1.54, 1.807) is 7.11 Å². The molecule has 0 fully saturated rings. The number of methoxy groups -OCH3 is 1. The lowest BCUT2D eigenvalue weighted by atomic mass is 10.1. The van der Waals surface area contributed by atoms with E-state index in [2.05, 4.69) is 29.1 Å².